The first kappa shape index (κ1) is 29.9. The second-order valence-corrected chi connectivity index (χ2v) is 10.0. The number of hydrogen-bond donors (Lipinski definition) is 0. The van der Waals surface area contributed by atoms with Crippen molar-refractivity contribution in [2.75, 3.05) is 34.7 Å². The van der Waals surface area contributed by atoms with Crippen LogP contribution >= 0.6 is 0 Å². The van der Waals surface area contributed by atoms with Crippen molar-refractivity contribution in [3.05, 3.63) is 156 Å². The smallest absolute Gasteiger partial charge is 0.398 e. The van der Waals surface area contributed by atoms with E-state index in [4.69, 9.17) is 28.3 Å². The molecule has 0 radical (unpaired) electrons. The molecule has 2 atom stereocenters. The maximum Gasteiger partial charge on any atom is 0.486 e. The summed E-state index contributed by atoms with van der Waals surface area (Å²) in [7, 11) is 4.34. The Balaban J connectivity index is 1.73. The first-order valence-corrected chi connectivity index (χ1v) is 14.1. The summed E-state index contributed by atoms with van der Waals surface area (Å²) in [4.78, 5) is 0. The minimum Gasteiger partial charge on any atom is -0.398 e. The normalized spacial score (nSPS) is 17.6. The van der Waals surface area contributed by atoms with Crippen LogP contribution in [0, 0.1) is 0 Å². The maximum absolute atomic E-state index is 6.90. The minimum absolute atomic E-state index is 0.200. The zero-order valence-corrected chi connectivity index (χ0v) is 24.3. The Morgan fingerprint density at radius 2 is 0.952 bits per heavy atom. The molecule has 1 aliphatic rings. The van der Waals surface area contributed by atoms with Crippen LogP contribution in [0.5, 0.6) is 0 Å². The molecule has 7 heteroatoms. The molecule has 4 aromatic carbocycles. The van der Waals surface area contributed by atoms with E-state index in [-0.39, 0.29) is 6.79 Å². The van der Waals surface area contributed by atoms with E-state index in [1.807, 2.05) is 84.8 Å². The van der Waals surface area contributed by atoms with E-state index >= 15 is 0 Å². The quantitative estimate of drug-likeness (QED) is 0.110. The molecule has 5 rings (SSSR count). The lowest BCUT2D eigenvalue weighted by Gasteiger charge is -2.46. The van der Waals surface area contributed by atoms with Crippen LogP contribution in [-0.4, -0.2) is 54.1 Å². The van der Waals surface area contributed by atoms with Gasteiger partial charge in [-0.2, -0.15) is 0 Å². The van der Waals surface area contributed by atoms with Gasteiger partial charge in [0, 0.05) is 21.3 Å². The summed E-state index contributed by atoms with van der Waals surface area (Å²) >= 11 is 0. The molecule has 0 saturated carbocycles. The summed E-state index contributed by atoms with van der Waals surface area (Å²) in [5.74, 6) is 1.87. The summed E-state index contributed by atoms with van der Waals surface area (Å²) in [6, 6.07) is 40.6. The molecular formula is C35H37BO6. The predicted octanol–water partition coefficient (Wildman–Crippen LogP) is 6.15. The molecule has 216 valence electrons. The lowest BCUT2D eigenvalue weighted by molar-refractivity contribution is -0.136. The number of rotatable bonds is 13. The average molecular weight is 564 g/mol. The molecule has 0 N–H and O–H groups in total. The van der Waals surface area contributed by atoms with Gasteiger partial charge in [0.15, 0.2) is 0 Å². The highest BCUT2D eigenvalue weighted by atomic mass is 16.7. The molecule has 1 heterocycles. The number of ether oxygens (including phenoxy) is 4. The fraction of sp³-hybridized carbons (Fsp3) is 0.257. The summed E-state index contributed by atoms with van der Waals surface area (Å²) in [6.07, 6.45) is 0.576. The Morgan fingerprint density at radius 3 is 1.26 bits per heavy atom. The fourth-order valence-electron chi connectivity index (χ4n) is 5.98. The summed E-state index contributed by atoms with van der Waals surface area (Å²) < 4.78 is 37.5. The standard InChI is InChI=1S/C35H37BO6/c1-37-27-40-26-16-25-36-41-32(34(38-2,28-17-8-4-9-18-28)29-19-10-5-11-20-29)33(42-36)35(39-3,30-21-12-6-13-22-30)31-23-14-7-15-24-31/h4-25,32-33H,26-27H2,1-3H3/b25-16-/t32-,33-/m1/s1. The van der Waals surface area contributed by atoms with Gasteiger partial charge in [-0.3, -0.25) is 0 Å². The molecule has 0 bridgehead atoms. The van der Waals surface area contributed by atoms with Crippen molar-refractivity contribution < 1.29 is 28.3 Å². The monoisotopic (exact) mass is 564 g/mol. The summed E-state index contributed by atoms with van der Waals surface area (Å²) in [5, 5.41) is 0. The van der Waals surface area contributed by atoms with E-state index in [0.717, 1.165) is 22.3 Å². The molecule has 6 nitrogen and oxygen atoms in total. The molecule has 4 aromatic rings. The SMILES string of the molecule is COCOC/C=C\B1O[C@@H](C(OC)(c2ccccc2)c2ccccc2)[C@H](C(OC)(c2ccccc2)c2ccccc2)O1. The molecule has 1 aliphatic heterocycles. The van der Waals surface area contributed by atoms with E-state index in [0.29, 0.717) is 6.61 Å². The van der Waals surface area contributed by atoms with E-state index in [2.05, 4.69) is 48.5 Å². The average Bonchev–Trinajstić information content (AvgIpc) is 3.49. The van der Waals surface area contributed by atoms with Gasteiger partial charge in [0.2, 0.25) is 0 Å². The molecule has 0 amide bonds. The van der Waals surface area contributed by atoms with E-state index in [1.54, 1.807) is 21.3 Å². The topological polar surface area (TPSA) is 55.4 Å². The van der Waals surface area contributed by atoms with Gasteiger partial charge in [0.25, 0.3) is 0 Å². The van der Waals surface area contributed by atoms with Crippen molar-refractivity contribution in [1.29, 1.82) is 0 Å². The summed E-state index contributed by atoms with van der Waals surface area (Å²) in [5.41, 5.74) is 1.67. The van der Waals surface area contributed by atoms with Gasteiger partial charge >= 0.3 is 7.12 Å². The van der Waals surface area contributed by atoms with Crippen LogP contribution in [-0.2, 0) is 39.5 Å². The third-order valence-corrected chi connectivity index (χ3v) is 7.80. The van der Waals surface area contributed by atoms with Crippen LogP contribution in [0.15, 0.2) is 133 Å². The van der Waals surface area contributed by atoms with Crippen LogP contribution < -0.4 is 0 Å². The Labute approximate surface area is 248 Å². The van der Waals surface area contributed by atoms with Crippen LogP contribution in [0.2, 0.25) is 0 Å². The molecule has 0 unspecified atom stereocenters. The van der Waals surface area contributed by atoms with Crippen molar-refractivity contribution in [3.63, 3.8) is 0 Å². The van der Waals surface area contributed by atoms with Crippen LogP contribution in [0.25, 0.3) is 0 Å². The molecule has 1 fully saturated rings. The van der Waals surface area contributed by atoms with Gasteiger partial charge in [-0.1, -0.05) is 133 Å². The lowest BCUT2D eigenvalue weighted by Crippen LogP contribution is -2.56. The van der Waals surface area contributed by atoms with E-state index < -0.39 is 30.5 Å². The Bertz CT molecular complexity index is 1210. The molecule has 0 spiro atoms. The van der Waals surface area contributed by atoms with Gasteiger partial charge in [0.05, 0.1) is 6.61 Å². The molecular weight excluding hydrogens is 527 g/mol. The van der Waals surface area contributed by atoms with Gasteiger partial charge in [0.1, 0.15) is 30.2 Å². The lowest BCUT2D eigenvalue weighted by atomic mass is 9.71. The van der Waals surface area contributed by atoms with Crippen LogP contribution in [0.3, 0.4) is 0 Å². The van der Waals surface area contributed by atoms with Gasteiger partial charge in [-0.05, 0) is 22.3 Å². The zero-order chi connectivity index (χ0) is 29.3. The third kappa shape index (κ3) is 5.72. The second kappa shape index (κ2) is 14.1. The van der Waals surface area contributed by atoms with Crippen molar-refractivity contribution in [1.82, 2.24) is 0 Å². The van der Waals surface area contributed by atoms with Crippen LogP contribution in [0.1, 0.15) is 22.3 Å². The number of benzene rings is 4. The molecule has 0 aliphatic carbocycles. The third-order valence-electron chi connectivity index (χ3n) is 7.80. The predicted molar refractivity (Wildman–Crippen MR) is 164 cm³/mol. The first-order valence-electron chi connectivity index (χ1n) is 14.1. The van der Waals surface area contributed by atoms with Crippen molar-refractivity contribution >= 4 is 7.12 Å². The first-order chi connectivity index (χ1) is 20.7. The highest BCUT2D eigenvalue weighted by Crippen LogP contribution is 2.50. The van der Waals surface area contributed by atoms with Gasteiger partial charge in [-0.25, -0.2) is 0 Å². The Morgan fingerprint density at radius 1 is 0.595 bits per heavy atom. The van der Waals surface area contributed by atoms with Gasteiger partial charge in [-0.15, -0.1) is 0 Å². The zero-order valence-electron chi connectivity index (χ0n) is 24.3. The van der Waals surface area contributed by atoms with Crippen LogP contribution in [0.4, 0.5) is 0 Å². The second-order valence-electron chi connectivity index (χ2n) is 10.0. The maximum atomic E-state index is 6.90. The van der Waals surface area contributed by atoms with E-state index in [1.165, 1.54) is 0 Å². The Kier molecular flexibility index (Phi) is 10.0. The van der Waals surface area contributed by atoms with Crippen molar-refractivity contribution in [2.24, 2.45) is 0 Å². The fourth-order valence-corrected chi connectivity index (χ4v) is 5.98. The molecule has 0 aromatic heterocycles. The Hall–Kier alpha value is -3.56. The molecule has 42 heavy (non-hydrogen) atoms. The minimum atomic E-state index is -1.05. The van der Waals surface area contributed by atoms with Crippen molar-refractivity contribution in [3.8, 4) is 0 Å². The summed E-state index contributed by atoms with van der Waals surface area (Å²) in [6.45, 7) is 0.553. The number of hydrogen-bond acceptors (Lipinski definition) is 6. The number of methoxy groups -OCH3 is 3. The highest BCUT2D eigenvalue weighted by Gasteiger charge is 2.61. The van der Waals surface area contributed by atoms with Gasteiger partial charge < -0.3 is 28.3 Å². The van der Waals surface area contributed by atoms with E-state index in [9.17, 15) is 0 Å². The largest absolute Gasteiger partial charge is 0.486 e. The highest BCUT2D eigenvalue weighted by molar-refractivity contribution is 6.51. The molecule has 1 saturated heterocycles. The van der Waals surface area contributed by atoms with Crippen molar-refractivity contribution in [2.45, 2.75) is 23.4 Å².